The normalized spacial score (nSPS) is 16.7. The van der Waals surface area contributed by atoms with Crippen LogP contribution < -0.4 is 0 Å². The molecule has 1 amide bonds. The fourth-order valence-electron chi connectivity index (χ4n) is 1.55. The first-order chi connectivity index (χ1) is 7.45. The number of carbonyl (C=O) groups is 2. The van der Waals surface area contributed by atoms with Crippen molar-refractivity contribution in [3.8, 4) is 0 Å². The SMILES string of the molecule is COC(=O)C(=CN(C)C)C1CN(C(=O)O)C1. The minimum atomic E-state index is -0.953. The molecule has 0 spiro atoms. The zero-order valence-corrected chi connectivity index (χ0v) is 9.64. The van der Waals surface area contributed by atoms with Crippen LogP contribution in [0.4, 0.5) is 4.79 Å². The summed E-state index contributed by atoms with van der Waals surface area (Å²) in [6, 6.07) is 0. The van der Waals surface area contributed by atoms with Crippen LogP contribution >= 0.6 is 0 Å². The number of methoxy groups -OCH3 is 1. The number of nitrogens with zero attached hydrogens (tertiary/aromatic N) is 2. The standard InChI is InChI=1S/C10H16N2O4/c1-11(2)6-8(9(13)16-3)7-4-12(5-7)10(14)15/h6-7H,4-5H2,1-3H3,(H,14,15). The second-order valence-electron chi connectivity index (χ2n) is 3.92. The van der Waals surface area contributed by atoms with Crippen LogP contribution in [0.1, 0.15) is 0 Å². The summed E-state index contributed by atoms with van der Waals surface area (Å²) < 4.78 is 4.67. The van der Waals surface area contributed by atoms with E-state index < -0.39 is 12.1 Å². The van der Waals surface area contributed by atoms with Gasteiger partial charge in [0, 0.05) is 39.3 Å². The summed E-state index contributed by atoms with van der Waals surface area (Å²) in [5.74, 6) is -0.463. The average Bonchev–Trinajstić information content (AvgIpc) is 2.11. The van der Waals surface area contributed by atoms with E-state index in [4.69, 9.17) is 5.11 Å². The zero-order chi connectivity index (χ0) is 12.3. The predicted molar refractivity (Wildman–Crippen MR) is 56.9 cm³/mol. The van der Waals surface area contributed by atoms with Gasteiger partial charge in [-0.2, -0.15) is 0 Å². The van der Waals surface area contributed by atoms with Gasteiger partial charge in [-0.05, 0) is 0 Å². The van der Waals surface area contributed by atoms with Gasteiger partial charge in [0.15, 0.2) is 0 Å². The Morgan fingerprint density at radius 3 is 2.38 bits per heavy atom. The largest absolute Gasteiger partial charge is 0.466 e. The molecule has 1 heterocycles. The van der Waals surface area contributed by atoms with Crippen LogP contribution in [-0.2, 0) is 9.53 Å². The monoisotopic (exact) mass is 228 g/mol. The minimum absolute atomic E-state index is 0.0639. The van der Waals surface area contributed by atoms with Gasteiger partial charge in [-0.25, -0.2) is 9.59 Å². The number of likely N-dealkylation sites (tertiary alicyclic amines) is 1. The van der Waals surface area contributed by atoms with Crippen molar-refractivity contribution < 1.29 is 19.4 Å². The van der Waals surface area contributed by atoms with Crippen molar-refractivity contribution >= 4 is 12.1 Å². The zero-order valence-electron chi connectivity index (χ0n) is 9.64. The quantitative estimate of drug-likeness (QED) is 0.552. The van der Waals surface area contributed by atoms with Crippen molar-refractivity contribution in [3.05, 3.63) is 11.8 Å². The third-order valence-electron chi connectivity index (χ3n) is 2.41. The smallest absolute Gasteiger partial charge is 0.407 e. The second-order valence-corrected chi connectivity index (χ2v) is 3.92. The molecule has 0 aromatic heterocycles. The van der Waals surface area contributed by atoms with Crippen LogP contribution in [0.2, 0.25) is 0 Å². The van der Waals surface area contributed by atoms with E-state index in [9.17, 15) is 9.59 Å². The number of amides is 1. The second kappa shape index (κ2) is 4.87. The van der Waals surface area contributed by atoms with Gasteiger partial charge in [-0.3, -0.25) is 0 Å². The van der Waals surface area contributed by atoms with Crippen LogP contribution in [-0.4, -0.2) is 61.3 Å². The Bertz CT molecular complexity index is 319. The highest BCUT2D eigenvalue weighted by Gasteiger charge is 2.36. The summed E-state index contributed by atoms with van der Waals surface area (Å²) in [6.07, 6.45) is 0.723. The fraction of sp³-hybridized carbons (Fsp3) is 0.600. The summed E-state index contributed by atoms with van der Waals surface area (Å²) in [5.41, 5.74) is 0.519. The van der Waals surface area contributed by atoms with Gasteiger partial charge in [0.2, 0.25) is 0 Å². The van der Waals surface area contributed by atoms with Gasteiger partial charge >= 0.3 is 12.1 Å². The molecule has 0 aromatic carbocycles. The Morgan fingerprint density at radius 1 is 1.44 bits per heavy atom. The third-order valence-corrected chi connectivity index (χ3v) is 2.41. The number of rotatable bonds is 3. The Morgan fingerprint density at radius 2 is 2.00 bits per heavy atom. The summed E-state index contributed by atoms with van der Waals surface area (Å²) >= 11 is 0. The van der Waals surface area contributed by atoms with E-state index in [0.717, 1.165) is 0 Å². The molecule has 0 aliphatic carbocycles. The van der Waals surface area contributed by atoms with E-state index in [0.29, 0.717) is 18.7 Å². The molecule has 1 fully saturated rings. The molecule has 0 atom stereocenters. The first-order valence-electron chi connectivity index (χ1n) is 4.90. The maximum absolute atomic E-state index is 11.5. The predicted octanol–water partition coefficient (Wildman–Crippen LogP) is 0.215. The Hall–Kier alpha value is -1.72. The number of esters is 1. The van der Waals surface area contributed by atoms with Gasteiger partial charge < -0.3 is 19.6 Å². The number of carboxylic acid groups (broad SMARTS) is 1. The van der Waals surface area contributed by atoms with Gasteiger partial charge in [0.1, 0.15) is 0 Å². The lowest BCUT2D eigenvalue weighted by molar-refractivity contribution is -0.137. The van der Waals surface area contributed by atoms with Crippen molar-refractivity contribution in [2.24, 2.45) is 5.92 Å². The van der Waals surface area contributed by atoms with Crippen LogP contribution in [0.25, 0.3) is 0 Å². The van der Waals surface area contributed by atoms with E-state index in [1.165, 1.54) is 12.0 Å². The van der Waals surface area contributed by atoms with Gasteiger partial charge in [0.25, 0.3) is 0 Å². The maximum Gasteiger partial charge on any atom is 0.407 e. The molecule has 6 nitrogen and oxygen atoms in total. The number of ether oxygens (including phenoxy) is 1. The van der Waals surface area contributed by atoms with E-state index in [2.05, 4.69) is 4.74 Å². The molecule has 0 saturated carbocycles. The van der Waals surface area contributed by atoms with Crippen molar-refractivity contribution in [2.75, 3.05) is 34.3 Å². The summed E-state index contributed by atoms with van der Waals surface area (Å²) in [7, 11) is 4.92. The van der Waals surface area contributed by atoms with Crippen molar-refractivity contribution in [1.29, 1.82) is 0 Å². The minimum Gasteiger partial charge on any atom is -0.466 e. The molecule has 1 aliphatic heterocycles. The molecule has 90 valence electrons. The molecule has 6 heteroatoms. The lowest BCUT2D eigenvalue weighted by atomic mass is 9.92. The van der Waals surface area contributed by atoms with E-state index in [1.807, 2.05) is 0 Å². The topological polar surface area (TPSA) is 70.1 Å². The molecule has 16 heavy (non-hydrogen) atoms. The van der Waals surface area contributed by atoms with Crippen molar-refractivity contribution in [1.82, 2.24) is 9.80 Å². The first kappa shape index (κ1) is 12.4. The van der Waals surface area contributed by atoms with Crippen LogP contribution in [0.3, 0.4) is 0 Å². The van der Waals surface area contributed by atoms with Crippen LogP contribution in [0, 0.1) is 5.92 Å². The van der Waals surface area contributed by atoms with E-state index >= 15 is 0 Å². The number of hydrogen-bond donors (Lipinski definition) is 1. The van der Waals surface area contributed by atoms with Gasteiger partial charge in [-0.1, -0.05) is 0 Å². The van der Waals surface area contributed by atoms with Crippen molar-refractivity contribution in [3.63, 3.8) is 0 Å². The Balaban J connectivity index is 2.67. The molecule has 0 aromatic rings. The molecule has 1 aliphatic rings. The maximum atomic E-state index is 11.5. The molecule has 1 saturated heterocycles. The summed E-state index contributed by atoms with van der Waals surface area (Å²) in [6.45, 7) is 0.703. The first-order valence-corrected chi connectivity index (χ1v) is 4.90. The average molecular weight is 228 g/mol. The number of hydrogen-bond acceptors (Lipinski definition) is 4. The fourth-order valence-corrected chi connectivity index (χ4v) is 1.55. The molecule has 1 N–H and O–H groups in total. The highest BCUT2D eigenvalue weighted by atomic mass is 16.5. The van der Waals surface area contributed by atoms with Crippen molar-refractivity contribution in [2.45, 2.75) is 0 Å². The highest BCUT2D eigenvalue weighted by Crippen LogP contribution is 2.24. The Kier molecular flexibility index (Phi) is 3.76. The third kappa shape index (κ3) is 2.65. The summed E-state index contributed by atoms with van der Waals surface area (Å²) in [5, 5.41) is 8.69. The lowest BCUT2D eigenvalue weighted by Crippen LogP contribution is -2.51. The Labute approximate surface area is 94.1 Å². The van der Waals surface area contributed by atoms with Gasteiger partial charge in [0.05, 0.1) is 12.7 Å². The highest BCUT2D eigenvalue weighted by molar-refractivity contribution is 5.89. The molecule has 0 bridgehead atoms. The molecule has 1 rings (SSSR count). The van der Waals surface area contributed by atoms with E-state index in [1.54, 1.807) is 25.2 Å². The molecule has 0 unspecified atom stereocenters. The van der Waals surface area contributed by atoms with Crippen LogP contribution in [0.15, 0.2) is 11.8 Å². The molecule has 0 radical (unpaired) electrons. The lowest BCUT2D eigenvalue weighted by Gasteiger charge is -2.37. The van der Waals surface area contributed by atoms with Crippen LogP contribution in [0.5, 0.6) is 0 Å². The molecular weight excluding hydrogens is 212 g/mol. The number of carbonyl (C=O) groups excluding carboxylic acids is 1. The molecular formula is C10H16N2O4. The summed E-state index contributed by atoms with van der Waals surface area (Å²) in [4.78, 5) is 25.1. The van der Waals surface area contributed by atoms with Gasteiger partial charge in [-0.15, -0.1) is 0 Å². The van der Waals surface area contributed by atoms with E-state index in [-0.39, 0.29) is 5.92 Å².